The summed E-state index contributed by atoms with van der Waals surface area (Å²) in [5.74, 6) is -0.105. The van der Waals surface area contributed by atoms with Crippen molar-refractivity contribution in [2.75, 3.05) is 6.54 Å². The molecule has 0 aliphatic heterocycles. The molecule has 1 amide bonds. The number of hydrogen-bond donors (Lipinski definition) is 3. The van der Waals surface area contributed by atoms with E-state index in [0.717, 1.165) is 0 Å². The molecule has 8 heteroatoms. The van der Waals surface area contributed by atoms with E-state index in [0.29, 0.717) is 12.2 Å². The lowest BCUT2D eigenvalue weighted by Gasteiger charge is -2.08. The molecule has 2 aromatic heterocycles. The summed E-state index contributed by atoms with van der Waals surface area (Å²) in [6, 6.07) is 3.29. The second-order valence-corrected chi connectivity index (χ2v) is 3.86. The van der Waals surface area contributed by atoms with Gasteiger partial charge in [-0.05, 0) is 19.1 Å². The molecule has 0 saturated heterocycles. The molecule has 104 valence electrons. The molecule has 2 rings (SSSR count). The van der Waals surface area contributed by atoms with Gasteiger partial charge in [-0.1, -0.05) is 5.16 Å². The first-order chi connectivity index (χ1) is 9.67. The number of hydrogen-bond acceptors (Lipinski definition) is 5. The van der Waals surface area contributed by atoms with Crippen LogP contribution in [0.4, 0.5) is 0 Å². The Kier molecular flexibility index (Phi) is 3.94. The maximum absolute atomic E-state index is 11.8. The van der Waals surface area contributed by atoms with Crippen molar-refractivity contribution < 1.29 is 10.0 Å². The first-order valence-corrected chi connectivity index (χ1v) is 5.93. The van der Waals surface area contributed by atoms with Gasteiger partial charge < -0.3 is 16.3 Å². The minimum atomic E-state index is -0.264. The van der Waals surface area contributed by atoms with Gasteiger partial charge in [-0.15, -0.1) is 0 Å². The Hall–Kier alpha value is -2.90. The van der Waals surface area contributed by atoms with Crippen molar-refractivity contribution in [3.05, 3.63) is 42.2 Å². The molecule has 0 aliphatic carbocycles. The van der Waals surface area contributed by atoms with Crippen LogP contribution in [-0.2, 0) is 0 Å². The zero-order valence-corrected chi connectivity index (χ0v) is 10.8. The Balaban J connectivity index is 2.42. The molecule has 8 nitrogen and oxygen atoms in total. The molecular formula is C12H14N6O2. The minimum absolute atomic E-state index is 0.119. The van der Waals surface area contributed by atoms with Gasteiger partial charge >= 0.3 is 0 Å². The maximum Gasteiger partial charge on any atom is 0.269 e. The first kappa shape index (κ1) is 13.5. The largest absolute Gasteiger partial charge is 0.409 e. The normalized spacial score (nSPS) is 11.3. The van der Waals surface area contributed by atoms with Gasteiger partial charge in [0, 0.05) is 25.1 Å². The number of nitrogens with two attached hydrogens (primary N) is 1. The fourth-order valence-corrected chi connectivity index (χ4v) is 1.69. The topological polar surface area (TPSA) is 118 Å². The van der Waals surface area contributed by atoms with Crippen LogP contribution in [0.15, 0.2) is 35.9 Å². The molecule has 0 radical (unpaired) electrons. The average molecular weight is 274 g/mol. The van der Waals surface area contributed by atoms with Crippen LogP contribution in [0.5, 0.6) is 0 Å². The van der Waals surface area contributed by atoms with Gasteiger partial charge in [0.2, 0.25) is 5.84 Å². The first-order valence-electron chi connectivity index (χ1n) is 5.93. The Morgan fingerprint density at radius 2 is 2.30 bits per heavy atom. The number of rotatable bonds is 4. The molecule has 0 fully saturated rings. The molecule has 0 aliphatic rings. The fourth-order valence-electron chi connectivity index (χ4n) is 1.69. The second kappa shape index (κ2) is 5.83. The SMILES string of the molecule is CCNC(=O)c1cc(-n2ccnc2/C(N)=N/O)ccn1. The van der Waals surface area contributed by atoms with Gasteiger partial charge in [0.15, 0.2) is 5.82 Å². The Morgan fingerprint density at radius 1 is 1.50 bits per heavy atom. The Labute approximate surface area is 115 Å². The van der Waals surface area contributed by atoms with Gasteiger partial charge in [-0.25, -0.2) is 4.98 Å². The molecule has 0 bridgehead atoms. The van der Waals surface area contributed by atoms with Crippen LogP contribution in [0.1, 0.15) is 23.2 Å². The van der Waals surface area contributed by atoms with Crippen molar-refractivity contribution in [2.45, 2.75) is 6.92 Å². The Bertz CT molecular complexity index is 649. The van der Waals surface area contributed by atoms with E-state index in [1.807, 2.05) is 6.92 Å². The van der Waals surface area contributed by atoms with E-state index in [2.05, 4.69) is 20.4 Å². The van der Waals surface area contributed by atoms with Gasteiger partial charge in [0.05, 0.1) is 5.69 Å². The average Bonchev–Trinajstić information content (AvgIpc) is 2.96. The lowest BCUT2D eigenvalue weighted by molar-refractivity contribution is 0.0951. The van der Waals surface area contributed by atoms with E-state index >= 15 is 0 Å². The quantitative estimate of drug-likeness (QED) is 0.316. The summed E-state index contributed by atoms with van der Waals surface area (Å²) < 4.78 is 1.60. The van der Waals surface area contributed by atoms with E-state index in [4.69, 9.17) is 10.9 Å². The standard InChI is InChI=1S/C12H14N6O2/c1-2-14-12(19)9-7-8(3-4-15-9)18-6-5-16-11(18)10(13)17-20/h3-7,20H,2H2,1H3,(H2,13,17)(H,14,19). The van der Waals surface area contributed by atoms with E-state index in [9.17, 15) is 4.79 Å². The highest BCUT2D eigenvalue weighted by molar-refractivity contribution is 5.95. The van der Waals surface area contributed by atoms with E-state index < -0.39 is 0 Å². The third-order valence-electron chi connectivity index (χ3n) is 2.57. The molecular weight excluding hydrogens is 260 g/mol. The summed E-state index contributed by atoms with van der Waals surface area (Å²) in [6.07, 6.45) is 4.67. The van der Waals surface area contributed by atoms with Gasteiger partial charge in [0.1, 0.15) is 5.69 Å². The maximum atomic E-state index is 11.8. The van der Waals surface area contributed by atoms with Crippen molar-refractivity contribution >= 4 is 11.7 Å². The highest BCUT2D eigenvalue weighted by Gasteiger charge is 2.12. The number of carbonyl (C=O) groups excluding carboxylic acids is 1. The number of nitrogens with zero attached hydrogens (tertiary/aromatic N) is 4. The predicted octanol–water partition coefficient (Wildman–Crippen LogP) is 0.111. The van der Waals surface area contributed by atoms with Crippen LogP contribution in [-0.4, -0.2) is 38.0 Å². The van der Waals surface area contributed by atoms with E-state index in [1.54, 1.807) is 22.9 Å². The van der Waals surface area contributed by atoms with Gasteiger partial charge in [0.25, 0.3) is 5.91 Å². The summed E-state index contributed by atoms with van der Waals surface area (Å²) in [7, 11) is 0. The van der Waals surface area contributed by atoms with Crippen LogP contribution < -0.4 is 11.1 Å². The number of imidazole rings is 1. The van der Waals surface area contributed by atoms with Crippen LogP contribution in [0, 0.1) is 0 Å². The number of amides is 1. The van der Waals surface area contributed by atoms with Crippen molar-refractivity contribution in [1.29, 1.82) is 0 Å². The molecule has 20 heavy (non-hydrogen) atoms. The smallest absolute Gasteiger partial charge is 0.269 e. The lowest BCUT2D eigenvalue weighted by atomic mass is 10.3. The minimum Gasteiger partial charge on any atom is -0.409 e. The molecule has 0 aromatic carbocycles. The number of carbonyl (C=O) groups is 1. The molecule has 2 aromatic rings. The number of amidine groups is 1. The zero-order valence-electron chi connectivity index (χ0n) is 10.8. The monoisotopic (exact) mass is 274 g/mol. The zero-order chi connectivity index (χ0) is 14.5. The summed E-state index contributed by atoms with van der Waals surface area (Å²) >= 11 is 0. The molecule has 4 N–H and O–H groups in total. The lowest BCUT2D eigenvalue weighted by Crippen LogP contribution is -2.24. The molecule has 0 atom stereocenters. The third-order valence-corrected chi connectivity index (χ3v) is 2.57. The highest BCUT2D eigenvalue weighted by atomic mass is 16.4. The molecule has 0 spiro atoms. The van der Waals surface area contributed by atoms with Gasteiger partial charge in [-0.2, -0.15) is 0 Å². The van der Waals surface area contributed by atoms with E-state index in [1.165, 1.54) is 12.4 Å². The number of pyridine rings is 1. The number of aromatic nitrogens is 3. The van der Waals surface area contributed by atoms with Crippen molar-refractivity contribution in [3.8, 4) is 5.69 Å². The molecule has 0 saturated carbocycles. The number of oxime groups is 1. The fraction of sp³-hybridized carbons (Fsp3) is 0.167. The van der Waals surface area contributed by atoms with Crippen LogP contribution in [0.3, 0.4) is 0 Å². The summed E-state index contributed by atoms with van der Waals surface area (Å²) in [6.45, 7) is 2.35. The van der Waals surface area contributed by atoms with Crippen LogP contribution in [0.2, 0.25) is 0 Å². The van der Waals surface area contributed by atoms with Crippen LogP contribution in [0.25, 0.3) is 5.69 Å². The summed E-state index contributed by atoms with van der Waals surface area (Å²) in [4.78, 5) is 19.8. The van der Waals surface area contributed by atoms with Crippen molar-refractivity contribution in [3.63, 3.8) is 0 Å². The van der Waals surface area contributed by atoms with E-state index in [-0.39, 0.29) is 23.3 Å². The Morgan fingerprint density at radius 3 is 3.00 bits per heavy atom. The number of nitrogens with one attached hydrogen (secondary N) is 1. The second-order valence-electron chi connectivity index (χ2n) is 3.86. The van der Waals surface area contributed by atoms with Crippen LogP contribution >= 0.6 is 0 Å². The van der Waals surface area contributed by atoms with Crippen molar-refractivity contribution in [2.24, 2.45) is 10.9 Å². The van der Waals surface area contributed by atoms with Crippen molar-refractivity contribution in [1.82, 2.24) is 19.9 Å². The third kappa shape index (κ3) is 2.58. The predicted molar refractivity (Wildman–Crippen MR) is 71.9 cm³/mol. The molecule has 2 heterocycles. The van der Waals surface area contributed by atoms with Gasteiger partial charge in [-0.3, -0.25) is 14.3 Å². The summed E-state index contributed by atoms with van der Waals surface area (Å²) in [5.41, 5.74) is 6.46. The highest BCUT2D eigenvalue weighted by Crippen LogP contribution is 2.11. The summed E-state index contributed by atoms with van der Waals surface area (Å²) in [5, 5.41) is 14.3. The molecule has 0 unspecified atom stereocenters.